The second-order valence-electron chi connectivity index (χ2n) is 36.8. The van der Waals surface area contributed by atoms with Gasteiger partial charge in [0.15, 0.2) is 11.6 Å². The molecule has 0 amide bonds. The maximum atomic E-state index is 18.8. The van der Waals surface area contributed by atoms with Crippen LogP contribution in [-0.4, -0.2) is 23.1 Å². The summed E-state index contributed by atoms with van der Waals surface area (Å²) in [6.45, 7) is 34.9. The fourth-order valence-electron chi connectivity index (χ4n) is 21.1. The molecule has 0 spiro atoms. The molecular formula is C118H116F2N4O2S8. The van der Waals surface area contributed by atoms with Crippen LogP contribution in [0.25, 0.3) is 93.6 Å². The molecule has 0 fully saturated rings. The van der Waals surface area contributed by atoms with E-state index in [4.69, 9.17) is 13.1 Å². The largest absolute Gasteiger partial charge is 0.289 e. The SMILES string of the molecule is [C-]#[N+]/C(C#N)=C1\C(=C\c2cc3c(s2)-c2sc4c(-c5cc(F)c(SCC(CC)CCCC)s5)c5c6c(sc5c(-c5cc(F)c(SCC(CC)CCCC)s5)c4c2C3(c2ccc(CCCCCC)cc2)c2ccc(CCCCCC)cc2)-c2sc(/C=C3\C(=O)c4ccccc4\C3=C(\C#N)[N+]#[C-])cc2C6(c2ccc(CCCCCC)cc2)c2ccc(CCCCCC)cc2)C(=O)c2ccccc21. The second-order valence-corrected chi connectivity index (χ2v) is 45.7. The predicted molar refractivity (Wildman–Crippen MR) is 569 cm³/mol. The van der Waals surface area contributed by atoms with Crippen molar-refractivity contribution < 1.29 is 18.4 Å². The van der Waals surface area contributed by atoms with E-state index in [0.717, 1.165) is 306 Å². The van der Waals surface area contributed by atoms with Crippen molar-refractivity contribution in [3.05, 3.63) is 326 Å². The highest BCUT2D eigenvalue weighted by Gasteiger charge is 2.55. The molecule has 2 atom stereocenters. The number of hydrogen-bond donors (Lipinski definition) is 0. The predicted octanol–water partition coefficient (Wildman–Crippen LogP) is 36.7. The van der Waals surface area contributed by atoms with Crippen molar-refractivity contribution in [3.63, 3.8) is 0 Å². The van der Waals surface area contributed by atoms with Gasteiger partial charge in [0.1, 0.15) is 11.6 Å². The number of nitrogens with zero attached hydrogens (tertiary/aromatic N) is 4. The summed E-state index contributed by atoms with van der Waals surface area (Å²) >= 11 is 13.1. The Balaban J connectivity index is 1.06. The summed E-state index contributed by atoms with van der Waals surface area (Å²) in [7, 11) is 0. The van der Waals surface area contributed by atoms with Crippen LogP contribution in [0.5, 0.6) is 0 Å². The Kier molecular flexibility index (Phi) is 30.9. The molecule has 682 valence electrons. The van der Waals surface area contributed by atoms with E-state index >= 15 is 18.4 Å². The lowest BCUT2D eigenvalue weighted by molar-refractivity contribution is 0.103. The number of nitriles is 2. The number of thioether (sulfide) groups is 2. The molecule has 0 saturated carbocycles. The number of unbranched alkanes of at least 4 members (excludes halogenated alkanes) is 14. The van der Waals surface area contributed by atoms with Crippen molar-refractivity contribution in [2.45, 2.75) is 254 Å². The van der Waals surface area contributed by atoms with Crippen LogP contribution >= 0.6 is 91.5 Å². The Morgan fingerprint density at radius 1 is 0.403 bits per heavy atom. The fourth-order valence-corrected chi connectivity index (χ4v) is 31.7. The van der Waals surface area contributed by atoms with Crippen LogP contribution in [0.15, 0.2) is 201 Å². The Morgan fingerprint density at radius 3 is 1.02 bits per heavy atom. The maximum Gasteiger partial charge on any atom is 0.270 e. The van der Waals surface area contributed by atoms with Crippen LogP contribution in [-0.2, 0) is 36.5 Å². The molecule has 2 unspecified atom stereocenters. The first-order valence-electron chi connectivity index (χ1n) is 49.0. The van der Waals surface area contributed by atoms with Gasteiger partial charge in [-0.05, 0) is 190 Å². The zero-order valence-corrected chi connectivity index (χ0v) is 84.8. The summed E-state index contributed by atoms with van der Waals surface area (Å²) in [6.07, 6.45) is 33.7. The van der Waals surface area contributed by atoms with Crippen molar-refractivity contribution in [1.82, 2.24) is 0 Å². The van der Waals surface area contributed by atoms with E-state index in [1.807, 2.05) is 60.7 Å². The third-order valence-electron chi connectivity index (χ3n) is 28.2. The molecule has 0 saturated heterocycles. The zero-order valence-electron chi connectivity index (χ0n) is 78.3. The van der Waals surface area contributed by atoms with Crippen LogP contribution < -0.4 is 0 Å². The topological polar surface area (TPSA) is 90.4 Å². The van der Waals surface area contributed by atoms with Crippen LogP contribution in [0.1, 0.15) is 318 Å². The highest BCUT2D eigenvalue weighted by Crippen LogP contribution is 2.71. The molecule has 7 aromatic carbocycles. The number of rotatable bonds is 42. The number of allylic oxidation sites excluding steroid dienone is 6. The van der Waals surface area contributed by atoms with Crippen molar-refractivity contribution >= 4 is 147 Å². The number of hydrogen-bond acceptors (Lipinski definition) is 12. The number of benzene rings is 7. The number of ketones is 2. The van der Waals surface area contributed by atoms with Gasteiger partial charge in [-0.1, -0.05) is 317 Å². The Labute approximate surface area is 824 Å². The molecule has 4 aliphatic carbocycles. The van der Waals surface area contributed by atoms with E-state index in [9.17, 15) is 10.5 Å². The molecule has 6 aromatic heterocycles. The lowest BCUT2D eigenvalue weighted by Gasteiger charge is -2.35. The summed E-state index contributed by atoms with van der Waals surface area (Å²) < 4.78 is 40.8. The standard InChI is InChI=1S/C118H116F2N4O2S8/c1-11-19-25-29-39-75-47-55-79(56-48-75)117(80-57-49-76(50-58-80)40-30-26-20-12-2)91-65-83(63-89-99(95(69-121)123-9)85-43-33-35-45-87(85)107(89)125)129-109(91)113-105(117)103-101(97-67-93(119)115(131-97)127-71-73(17-7)37-23-15-5)112-104(102(111(103)133-113)98-68-94(120)116(132-98)128-72-74(18-8)38-24-16-6)106-114(134-112)110-92(66-84(130-110)64-90-100(96(70-122)124-10)86-44-34-36-46-88(86)108(90)126)118(106,81-59-51-77(52-60-81)41-31-27-21-13-3)82-61-53-78(54-62-82)42-32-28-22-14-4/h33-36,43-68,73-74H,11-32,37-42,71-72H2,1-8H3/b89-63-,90-64-,99-95-,100-96+. The third-order valence-corrected chi connectivity index (χ3v) is 38.4. The molecule has 13 aromatic rings. The molecule has 6 nitrogen and oxygen atoms in total. The molecule has 6 heterocycles. The average molecular weight is 1920 g/mol. The van der Waals surface area contributed by atoms with Crippen molar-refractivity contribution in [3.8, 4) is 52.5 Å². The summed E-state index contributed by atoms with van der Waals surface area (Å²) in [6, 6.07) is 65.0. The van der Waals surface area contributed by atoms with E-state index in [2.05, 4.69) is 186 Å². The number of fused-ring (bicyclic) bond motifs is 12. The smallest absolute Gasteiger partial charge is 0.270 e. The molecule has 17 rings (SSSR count). The first-order valence-corrected chi connectivity index (χ1v) is 55.9. The number of thiophene rings is 6. The number of halogens is 2. The highest BCUT2D eigenvalue weighted by molar-refractivity contribution is 8.01. The third kappa shape index (κ3) is 18.1. The van der Waals surface area contributed by atoms with Gasteiger partial charge < -0.3 is 0 Å². The Hall–Kier alpha value is -9.92. The number of aryl methyl sites for hydroxylation is 4. The molecule has 134 heavy (non-hydrogen) atoms. The normalized spacial score (nSPS) is 15.6. The minimum Gasteiger partial charge on any atom is -0.289 e. The molecular weight excluding hydrogens is 1800 g/mol. The van der Waals surface area contributed by atoms with E-state index in [-0.39, 0.29) is 34.6 Å². The van der Waals surface area contributed by atoms with Gasteiger partial charge in [-0.3, -0.25) is 9.59 Å². The highest BCUT2D eigenvalue weighted by atomic mass is 32.2. The molecule has 0 radical (unpaired) electrons. The summed E-state index contributed by atoms with van der Waals surface area (Å²) in [4.78, 5) is 45.5. The van der Waals surface area contributed by atoms with Gasteiger partial charge >= 0.3 is 0 Å². The average Bonchev–Trinajstić information content (AvgIpc) is 1.48. The van der Waals surface area contributed by atoms with Crippen LogP contribution in [0, 0.1) is 59.3 Å². The van der Waals surface area contributed by atoms with Gasteiger partial charge in [-0.15, -0.1) is 91.5 Å². The van der Waals surface area contributed by atoms with Gasteiger partial charge in [0, 0.05) is 95.7 Å². The van der Waals surface area contributed by atoms with Crippen LogP contribution in [0.2, 0.25) is 0 Å². The first-order chi connectivity index (χ1) is 65.6. The van der Waals surface area contributed by atoms with Gasteiger partial charge in [-0.2, -0.15) is 0 Å². The fraction of sp³-hybridized carbons (Fsp3) is 0.356. The number of carbonyl (C=O) groups excluding carboxylic acids is 2. The summed E-state index contributed by atoms with van der Waals surface area (Å²) in [5, 5.41) is 23.7. The lowest BCUT2D eigenvalue weighted by Crippen LogP contribution is -2.29. The Bertz CT molecular complexity index is 6320. The van der Waals surface area contributed by atoms with E-state index in [0.29, 0.717) is 64.8 Å². The number of Topliss-reactive ketones (excluding diaryl/α,β-unsaturated/α-hetero) is 2. The molecule has 16 heteroatoms. The summed E-state index contributed by atoms with van der Waals surface area (Å²) in [5.74, 6) is 1.26. The second kappa shape index (κ2) is 43.2. The minimum atomic E-state index is -1.14. The van der Waals surface area contributed by atoms with Gasteiger partial charge in [0.25, 0.3) is 11.4 Å². The van der Waals surface area contributed by atoms with E-state index < -0.39 is 10.8 Å². The number of carbonyl (C=O) groups is 2. The van der Waals surface area contributed by atoms with Gasteiger partial charge in [0.2, 0.25) is 0 Å². The minimum absolute atomic E-state index is 0.148. The lowest BCUT2D eigenvalue weighted by atomic mass is 9.66. The zero-order chi connectivity index (χ0) is 93.3. The quantitative estimate of drug-likeness (QED) is 0.0124. The van der Waals surface area contributed by atoms with Gasteiger partial charge in [-0.25, -0.2) is 29.0 Å². The van der Waals surface area contributed by atoms with E-state index in [1.54, 1.807) is 104 Å². The monoisotopic (exact) mass is 1910 g/mol. The molecule has 0 bridgehead atoms. The van der Waals surface area contributed by atoms with E-state index in [1.165, 1.54) is 22.3 Å². The molecule has 0 N–H and O–H groups in total. The maximum absolute atomic E-state index is 18.8. The Morgan fingerprint density at radius 2 is 0.724 bits per heavy atom. The van der Waals surface area contributed by atoms with Crippen LogP contribution in [0.4, 0.5) is 8.78 Å². The molecule has 0 aliphatic heterocycles. The van der Waals surface area contributed by atoms with Crippen molar-refractivity contribution in [2.75, 3.05) is 11.5 Å². The first kappa shape index (κ1) is 95.8. The van der Waals surface area contributed by atoms with Crippen molar-refractivity contribution in [2.24, 2.45) is 11.8 Å². The molecule has 4 aliphatic rings. The summed E-state index contributed by atoms with van der Waals surface area (Å²) in [5.41, 5.74) is 15.8. The van der Waals surface area contributed by atoms with Crippen molar-refractivity contribution in [1.29, 1.82) is 10.5 Å². The van der Waals surface area contributed by atoms with Gasteiger partial charge in [0.05, 0.1) is 64.0 Å². The van der Waals surface area contributed by atoms with Crippen LogP contribution in [0.3, 0.4) is 0 Å².